The van der Waals surface area contributed by atoms with E-state index < -0.39 is 11.5 Å². The van der Waals surface area contributed by atoms with Gasteiger partial charge in [-0.3, -0.25) is 9.59 Å². The van der Waals surface area contributed by atoms with Crippen molar-refractivity contribution < 1.29 is 23.8 Å². The smallest absolute Gasteiger partial charge is 0.302 e. The van der Waals surface area contributed by atoms with Crippen molar-refractivity contribution in [2.75, 3.05) is 13.2 Å². The summed E-state index contributed by atoms with van der Waals surface area (Å²) in [5.74, 6) is 5.79. The Morgan fingerprint density at radius 2 is 2.14 bits per heavy atom. The summed E-state index contributed by atoms with van der Waals surface area (Å²) >= 11 is 0. The third kappa shape index (κ3) is 6.46. The predicted octanol–water partition coefficient (Wildman–Crippen LogP) is 1.01. The number of esters is 1. The normalized spacial score (nSPS) is 12.7. The number of carbonyl (C=O) groups is 2. The zero-order chi connectivity index (χ0) is 16.6. The zero-order valence-electron chi connectivity index (χ0n) is 13.1. The van der Waals surface area contributed by atoms with E-state index >= 15 is 0 Å². The summed E-state index contributed by atoms with van der Waals surface area (Å²) in [4.78, 5) is 22.3. The third-order valence-corrected chi connectivity index (χ3v) is 2.95. The SMILES string of the molecule is CC(=O)NC(C)(CCc1ccc(C#CCO)o1)COC(C)=O. The fraction of sp³-hybridized carbons (Fsp3) is 0.500. The molecule has 1 amide bonds. The van der Waals surface area contributed by atoms with Gasteiger partial charge in [-0.1, -0.05) is 5.92 Å². The summed E-state index contributed by atoms with van der Waals surface area (Å²) in [5, 5.41) is 11.4. The van der Waals surface area contributed by atoms with Gasteiger partial charge in [-0.25, -0.2) is 0 Å². The van der Waals surface area contributed by atoms with Gasteiger partial charge in [0.25, 0.3) is 0 Å². The van der Waals surface area contributed by atoms with Crippen molar-refractivity contribution >= 4 is 11.9 Å². The quantitative estimate of drug-likeness (QED) is 0.605. The molecule has 0 radical (unpaired) electrons. The van der Waals surface area contributed by atoms with Crippen molar-refractivity contribution in [2.45, 2.75) is 39.2 Å². The second-order valence-corrected chi connectivity index (χ2v) is 5.25. The Hall–Kier alpha value is -2.26. The zero-order valence-corrected chi connectivity index (χ0v) is 13.1. The van der Waals surface area contributed by atoms with Crippen LogP contribution in [0.25, 0.3) is 0 Å². The number of carbonyl (C=O) groups excluding carboxylic acids is 2. The molecule has 1 unspecified atom stereocenters. The second kappa shape index (κ2) is 8.25. The summed E-state index contributed by atoms with van der Waals surface area (Å²) in [6.07, 6.45) is 1.10. The summed E-state index contributed by atoms with van der Waals surface area (Å²) in [5.41, 5.74) is -0.665. The molecule has 1 atom stereocenters. The van der Waals surface area contributed by atoms with E-state index in [0.29, 0.717) is 24.4 Å². The van der Waals surface area contributed by atoms with Crippen LogP contribution in [-0.4, -0.2) is 35.7 Å². The molecule has 22 heavy (non-hydrogen) atoms. The van der Waals surface area contributed by atoms with Gasteiger partial charge in [0.2, 0.25) is 5.91 Å². The van der Waals surface area contributed by atoms with Crippen LogP contribution in [0.1, 0.15) is 38.7 Å². The summed E-state index contributed by atoms with van der Waals surface area (Å²) in [6.45, 7) is 4.43. The lowest BCUT2D eigenvalue weighted by molar-refractivity contribution is -0.144. The van der Waals surface area contributed by atoms with Crippen molar-refractivity contribution in [3.05, 3.63) is 23.7 Å². The van der Waals surface area contributed by atoms with Crippen LogP contribution in [0.3, 0.4) is 0 Å². The standard InChI is InChI=1S/C16H21NO5/c1-12(19)17-16(3,11-21-13(2)20)9-8-15-7-6-14(22-15)5-4-10-18/h6-7,18H,8-11H2,1-3H3,(H,17,19). The molecule has 1 heterocycles. The first-order valence-electron chi connectivity index (χ1n) is 6.95. The van der Waals surface area contributed by atoms with Gasteiger partial charge in [0.1, 0.15) is 19.0 Å². The number of amides is 1. The lowest BCUT2D eigenvalue weighted by Gasteiger charge is -2.29. The van der Waals surface area contributed by atoms with Gasteiger partial charge < -0.3 is 19.6 Å². The van der Waals surface area contributed by atoms with Crippen molar-refractivity contribution in [1.82, 2.24) is 5.32 Å². The molecular weight excluding hydrogens is 286 g/mol. The van der Waals surface area contributed by atoms with Gasteiger partial charge in [-0.15, -0.1) is 0 Å². The summed E-state index contributed by atoms with van der Waals surface area (Å²) in [6, 6.07) is 3.52. The molecule has 0 saturated heterocycles. The number of hydrogen-bond acceptors (Lipinski definition) is 5. The van der Waals surface area contributed by atoms with Crippen LogP contribution < -0.4 is 5.32 Å². The number of aliphatic hydroxyl groups excluding tert-OH is 1. The number of rotatable bonds is 6. The Balaban J connectivity index is 2.67. The van der Waals surface area contributed by atoms with Crippen LogP contribution in [0, 0.1) is 11.8 Å². The minimum Gasteiger partial charge on any atom is -0.463 e. The highest BCUT2D eigenvalue weighted by Gasteiger charge is 2.27. The molecule has 0 saturated carbocycles. The average molecular weight is 307 g/mol. The van der Waals surface area contributed by atoms with Crippen molar-refractivity contribution in [3.8, 4) is 11.8 Å². The molecule has 1 aromatic heterocycles. The molecule has 6 nitrogen and oxygen atoms in total. The van der Waals surface area contributed by atoms with Gasteiger partial charge in [0.05, 0.1) is 5.54 Å². The fourth-order valence-corrected chi connectivity index (χ4v) is 1.96. The second-order valence-electron chi connectivity index (χ2n) is 5.25. The first-order chi connectivity index (χ1) is 10.3. The molecule has 2 N–H and O–H groups in total. The van der Waals surface area contributed by atoms with Gasteiger partial charge >= 0.3 is 5.97 Å². The maximum absolute atomic E-state index is 11.3. The molecular formula is C16H21NO5. The monoisotopic (exact) mass is 307 g/mol. The van der Waals surface area contributed by atoms with E-state index in [-0.39, 0.29) is 19.1 Å². The van der Waals surface area contributed by atoms with Crippen molar-refractivity contribution in [1.29, 1.82) is 0 Å². The van der Waals surface area contributed by atoms with E-state index in [2.05, 4.69) is 17.2 Å². The van der Waals surface area contributed by atoms with Crippen molar-refractivity contribution in [3.63, 3.8) is 0 Å². The average Bonchev–Trinajstić information content (AvgIpc) is 2.88. The minimum absolute atomic E-state index is 0.0970. The molecule has 0 spiro atoms. The summed E-state index contributed by atoms with van der Waals surface area (Å²) in [7, 11) is 0. The van der Waals surface area contributed by atoms with E-state index in [1.165, 1.54) is 13.8 Å². The third-order valence-electron chi connectivity index (χ3n) is 2.95. The van der Waals surface area contributed by atoms with Gasteiger partial charge in [-0.05, 0) is 31.4 Å². The lowest BCUT2D eigenvalue weighted by Crippen LogP contribution is -2.49. The number of furan rings is 1. The maximum Gasteiger partial charge on any atom is 0.302 e. The van der Waals surface area contributed by atoms with Crippen LogP contribution in [-0.2, 0) is 20.7 Å². The number of aryl methyl sites for hydroxylation is 1. The molecule has 1 rings (SSSR count). The molecule has 0 bridgehead atoms. The molecule has 0 aliphatic carbocycles. The van der Waals surface area contributed by atoms with Crippen molar-refractivity contribution in [2.24, 2.45) is 0 Å². The van der Waals surface area contributed by atoms with E-state index in [1.54, 1.807) is 12.1 Å². The fourth-order valence-electron chi connectivity index (χ4n) is 1.96. The van der Waals surface area contributed by atoms with E-state index in [0.717, 1.165) is 0 Å². The maximum atomic E-state index is 11.3. The number of ether oxygens (including phenoxy) is 1. The van der Waals surface area contributed by atoms with E-state index in [9.17, 15) is 9.59 Å². The Bertz CT molecular complexity index is 581. The lowest BCUT2D eigenvalue weighted by atomic mass is 9.96. The molecule has 6 heteroatoms. The highest BCUT2D eigenvalue weighted by atomic mass is 16.5. The van der Waals surface area contributed by atoms with E-state index in [4.69, 9.17) is 14.3 Å². The number of hydrogen-bond donors (Lipinski definition) is 2. The van der Waals surface area contributed by atoms with Crippen LogP contribution in [0.4, 0.5) is 0 Å². The largest absolute Gasteiger partial charge is 0.463 e. The topological polar surface area (TPSA) is 88.8 Å². The Morgan fingerprint density at radius 3 is 2.73 bits per heavy atom. The molecule has 120 valence electrons. The highest BCUT2D eigenvalue weighted by Crippen LogP contribution is 2.17. The highest BCUT2D eigenvalue weighted by molar-refractivity contribution is 5.74. The van der Waals surface area contributed by atoms with Crippen LogP contribution in [0.15, 0.2) is 16.5 Å². The number of aliphatic hydroxyl groups is 1. The van der Waals surface area contributed by atoms with E-state index in [1.807, 2.05) is 6.92 Å². The van der Waals surface area contributed by atoms with Gasteiger partial charge in [0, 0.05) is 20.3 Å². The molecule has 0 aliphatic rings. The van der Waals surface area contributed by atoms with Crippen LogP contribution >= 0.6 is 0 Å². The minimum atomic E-state index is -0.665. The Labute approximate surface area is 129 Å². The molecule has 0 aromatic carbocycles. The molecule has 1 aromatic rings. The first kappa shape index (κ1) is 17.8. The Kier molecular flexibility index (Phi) is 6.67. The molecule has 0 aliphatic heterocycles. The number of nitrogens with one attached hydrogen (secondary N) is 1. The van der Waals surface area contributed by atoms with Gasteiger partial charge in [-0.2, -0.15) is 0 Å². The molecule has 0 fully saturated rings. The van der Waals surface area contributed by atoms with Gasteiger partial charge in [0.15, 0.2) is 5.76 Å². The predicted molar refractivity (Wildman–Crippen MR) is 79.8 cm³/mol. The first-order valence-corrected chi connectivity index (χ1v) is 6.95. The Morgan fingerprint density at radius 1 is 1.41 bits per heavy atom. The van der Waals surface area contributed by atoms with Crippen LogP contribution in [0.2, 0.25) is 0 Å². The van der Waals surface area contributed by atoms with Crippen LogP contribution in [0.5, 0.6) is 0 Å². The summed E-state index contributed by atoms with van der Waals surface area (Å²) < 4.78 is 10.5.